The minimum atomic E-state index is 0. The Morgan fingerprint density at radius 3 is 2.58 bits per heavy atom. The largest absolute Gasteiger partial charge is 0.494 e. The van der Waals surface area contributed by atoms with Crippen molar-refractivity contribution in [3.05, 3.63) is 29.8 Å². The van der Waals surface area contributed by atoms with E-state index in [9.17, 15) is 0 Å². The molecule has 0 atom stereocenters. The maximum Gasteiger partial charge on any atom is 0.119 e. The molecule has 0 aliphatic heterocycles. The first kappa shape index (κ1) is 16.3. The van der Waals surface area contributed by atoms with Gasteiger partial charge >= 0.3 is 0 Å². The van der Waals surface area contributed by atoms with Crippen molar-refractivity contribution in [1.82, 2.24) is 5.32 Å². The third-order valence-electron chi connectivity index (χ3n) is 3.66. The SMILES string of the molecule is CCOc1cccc(CNC2CCCCCC2)c1.Cl. The summed E-state index contributed by atoms with van der Waals surface area (Å²) in [6.45, 7) is 3.72. The molecule has 1 N–H and O–H groups in total. The van der Waals surface area contributed by atoms with Crippen LogP contribution in [0.3, 0.4) is 0 Å². The Kier molecular flexibility index (Phi) is 7.92. The van der Waals surface area contributed by atoms with E-state index in [1.54, 1.807) is 0 Å². The van der Waals surface area contributed by atoms with Gasteiger partial charge in [-0.2, -0.15) is 0 Å². The summed E-state index contributed by atoms with van der Waals surface area (Å²) in [5.74, 6) is 0.984. The van der Waals surface area contributed by atoms with Gasteiger partial charge in [-0.3, -0.25) is 0 Å². The van der Waals surface area contributed by atoms with Crippen LogP contribution < -0.4 is 10.1 Å². The molecule has 108 valence electrons. The summed E-state index contributed by atoms with van der Waals surface area (Å²) in [5.41, 5.74) is 1.32. The van der Waals surface area contributed by atoms with E-state index in [0.717, 1.165) is 18.9 Å². The van der Waals surface area contributed by atoms with Gasteiger partial charge in [-0.05, 0) is 37.5 Å². The second-order valence-electron chi connectivity index (χ2n) is 5.15. The lowest BCUT2D eigenvalue weighted by Crippen LogP contribution is -2.27. The topological polar surface area (TPSA) is 21.3 Å². The van der Waals surface area contributed by atoms with Crippen LogP contribution in [-0.2, 0) is 6.54 Å². The van der Waals surface area contributed by atoms with Crippen LogP contribution in [0, 0.1) is 0 Å². The number of rotatable bonds is 5. The molecule has 1 aliphatic carbocycles. The molecule has 1 aromatic rings. The average Bonchev–Trinajstić information content (AvgIpc) is 2.66. The van der Waals surface area contributed by atoms with Gasteiger partial charge in [0.05, 0.1) is 6.61 Å². The molecule has 0 amide bonds. The molecule has 19 heavy (non-hydrogen) atoms. The van der Waals surface area contributed by atoms with Crippen LogP contribution in [0.1, 0.15) is 51.0 Å². The second kappa shape index (κ2) is 9.22. The highest BCUT2D eigenvalue weighted by molar-refractivity contribution is 5.85. The van der Waals surface area contributed by atoms with Crippen molar-refractivity contribution in [1.29, 1.82) is 0 Å². The third-order valence-corrected chi connectivity index (χ3v) is 3.66. The van der Waals surface area contributed by atoms with Crippen LogP contribution in [0.2, 0.25) is 0 Å². The smallest absolute Gasteiger partial charge is 0.119 e. The summed E-state index contributed by atoms with van der Waals surface area (Å²) in [6.07, 6.45) is 8.28. The van der Waals surface area contributed by atoms with Gasteiger partial charge in [0.25, 0.3) is 0 Å². The van der Waals surface area contributed by atoms with Gasteiger partial charge in [0.2, 0.25) is 0 Å². The average molecular weight is 284 g/mol. The van der Waals surface area contributed by atoms with Crippen molar-refractivity contribution in [2.45, 2.75) is 58.0 Å². The molecule has 1 aliphatic rings. The summed E-state index contributed by atoms with van der Waals surface area (Å²) in [5, 5.41) is 3.69. The zero-order chi connectivity index (χ0) is 12.6. The normalized spacial score (nSPS) is 16.5. The van der Waals surface area contributed by atoms with E-state index in [1.165, 1.54) is 44.1 Å². The molecule has 0 heterocycles. The van der Waals surface area contributed by atoms with Crippen LogP contribution in [-0.4, -0.2) is 12.6 Å². The van der Waals surface area contributed by atoms with Crippen molar-refractivity contribution >= 4 is 12.4 Å². The summed E-state index contributed by atoms with van der Waals surface area (Å²) < 4.78 is 5.53. The summed E-state index contributed by atoms with van der Waals surface area (Å²) in [6, 6.07) is 9.14. The van der Waals surface area contributed by atoms with Gasteiger partial charge < -0.3 is 10.1 Å². The lowest BCUT2D eigenvalue weighted by Gasteiger charge is -2.16. The van der Waals surface area contributed by atoms with Crippen molar-refractivity contribution in [2.75, 3.05) is 6.61 Å². The number of hydrogen-bond acceptors (Lipinski definition) is 2. The lowest BCUT2D eigenvalue weighted by molar-refractivity contribution is 0.339. The third kappa shape index (κ3) is 5.84. The monoisotopic (exact) mass is 283 g/mol. The number of hydrogen-bond donors (Lipinski definition) is 1. The van der Waals surface area contributed by atoms with E-state index >= 15 is 0 Å². The molecular formula is C16H26ClNO. The first-order chi connectivity index (χ1) is 8.88. The van der Waals surface area contributed by atoms with Crippen LogP contribution in [0.25, 0.3) is 0 Å². The molecule has 0 unspecified atom stereocenters. The van der Waals surface area contributed by atoms with Crippen LogP contribution >= 0.6 is 12.4 Å². The number of halogens is 1. The highest BCUT2D eigenvalue weighted by atomic mass is 35.5. The maximum atomic E-state index is 5.53. The van der Waals surface area contributed by atoms with E-state index in [-0.39, 0.29) is 12.4 Å². The Balaban J connectivity index is 0.00000180. The molecule has 0 bridgehead atoms. The molecule has 0 saturated heterocycles. The van der Waals surface area contributed by atoms with Gasteiger partial charge in [-0.15, -0.1) is 12.4 Å². The minimum absolute atomic E-state index is 0. The second-order valence-corrected chi connectivity index (χ2v) is 5.15. The van der Waals surface area contributed by atoms with Crippen molar-refractivity contribution < 1.29 is 4.74 Å². The Labute approximate surface area is 123 Å². The highest BCUT2D eigenvalue weighted by Crippen LogP contribution is 2.18. The summed E-state index contributed by atoms with van der Waals surface area (Å²) in [7, 11) is 0. The minimum Gasteiger partial charge on any atom is -0.494 e. The standard InChI is InChI=1S/C16H25NO.ClH/c1-2-18-16-11-7-8-14(12-16)13-17-15-9-5-3-4-6-10-15;/h7-8,11-12,15,17H,2-6,9-10,13H2,1H3;1H. The van der Waals surface area contributed by atoms with E-state index in [0.29, 0.717) is 6.04 Å². The summed E-state index contributed by atoms with van der Waals surface area (Å²) in [4.78, 5) is 0. The number of nitrogens with one attached hydrogen (secondary N) is 1. The number of ether oxygens (including phenoxy) is 1. The molecule has 0 spiro atoms. The van der Waals surface area contributed by atoms with Gasteiger partial charge in [0, 0.05) is 12.6 Å². The molecule has 2 nitrogen and oxygen atoms in total. The predicted octanol–water partition coefficient (Wildman–Crippen LogP) is 4.32. The fraction of sp³-hybridized carbons (Fsp3) is 0.625. The molecule has 0 aromatic heterocycles. The Bertz CT molecular complexity index is 348. The molecule has 1 fully saturated rings. The molecular weight excluding hydrogens is 258 g/mol. The number of benzene rings is 1. The van der Waals surface area contributed by atoms with Crippen LogP contribution in [0.4, 0.5) is 0 Å². The van der Waals surface area contributed by atoms with E-state index < -0.39 is 0 Å². The first-order valence-electron chi connectivity index (χ1n) is 7.33. The predicted molar refractivity (Wildman–Crippen MR) is 83.2 cm³/mol. The Morgan fingerprint density at radius 2 is 1.89 bits per heavy atom. The van der Waals surface area contributed by atoms with Gasteiger partial charge in [-0.25, -0.2) is 0 Å². The van der Waals surface area contributed by atoms with Gasteiger partial charge in [0.1, 0.15) is 5.75 Å². The molecule has 3 heteroatoms. The Hall–Kier alpha value is -0.730. The van der Waals surface area contributed by atoms with Crippen molar-refractivity contribution in [3.8, 4) is 5.75 Å². The van der Waals surface area contributed by atoms with Gasteiger partial charge in [0.15, 0.2) is 0 Å². The molecule has 1 aromatic carbocycles. The maximum absolute atomic E-state index is 5.53. The van der Waals surface area contributed by atoms with E-state index in [2.05, 4.69) is 23.5 Å². The highest BCUT2D eigenvalue weighted by Gasteiger charge is 2.11. The van der Waals surface area contributed by atoms with Gasteiger partial charge in [-0.1, -0.05) is 37.8 Å². The first-order valence-corrected chi connectivity index (χ1v) is 7.33. The fourth-order valence-electron chi connectivity index (χ4n) is 2.66. The van der Waals surface area contributed by atoms with E-state index in [1.807, 2.05) is 13.0 Å². The van der Waals surface area contributed by atoms with E-state index in [4.69, 9.17) is 4.74 Å². The zero-order valence-corrected chi connectivity index (χ0v) is 12.7. The van der Waals surface area contributed by atoms with Crippen LogP contribution in [0.15, 0.2) is 24.3 Å². The van der Waals surface area contributed by atoms with Crippen LogP contribution in [0.5, 0.6) is 5.75 Å². The van der Waals surface area contributed by atoms with Crippen molar-refractivity contribution in [3.63, 3.8) is 0 Å². The molecule has 1 saturated carbocycles. The lowest BCUT2D eigenvalue weighted by atomic mass is 10.1. The quantitative estimate of drug-likeness (QED) is 0.813. The molecule has 0 radical (unpaired) electrons. The fourth-order valence-corrected chi connectivity index (χ4v) is 2.66. The zero-order valence-electron chi connectivity index (χ0n) is 11.9. The summed E-state index contributed by atoms with van der Waals surface area (Å²) >= 11 is 0. The van der Waals surface area contributed by atoms with Crippen molar-refractivity contribution in [2.24, 2.45) is 0 Å². The molecule has 2 rings (SSSR count). The Morgan fingerprint density at radius 1 is 1.16 bits per heavy atom.